The van der Waals surface area contributed by atoms with E-state index in [0.29, 0.717) is 23.0 Å². The molecule has 0 radical (unpaired) electrons. The van der Waals surface area contributed by atoms with Gasteiger partial charge in [-0.25, -0.2) is 25.3 Å². The fourth-order valence-electron chi connectivity index (χ4n) is 5.37. The van der Waals surface area contributed by atoms with Gasteiger partial charge in [0.2, 0.25) is 29.5 Å². The van der Waals surface area contributed by atoms with Crippen molar-refractivity contribution in [3.63, 3.8) is 0 Å². The maximum Gasteiger partial charge on any atom is 0.206 e. The molecule has 0 aliphatic heterocycles. The number of phenolic OH excluding ortho intramolecular Hbond substituents is 2. The summed E-state index contributed by atoms with van der Waals surface area (Å²) in [5.74, 6) is 1.84. The number of phenols is 2. The molecule has 6 rings (SSSR count). The molecule has 304 valence electrons. The maximum absolute atomic E-state index is 13.2. The minimum absolute atomic E-state index is 0.0235. The van der Waals surface area contributed by atoms with E-state index in [-0.39, 0.29) is 67.3 Å². The Labute approximate surface area is 342 Å². The largest absolute Gasteiger partial charge is 0.508 e. The average Bonchev–Trinajstić information content (AvgIpc) is 3.24. The molecule has 0 saturated heterocycles. The molecule has 0 amide bonds. The van der Waals surface area contributed by atoms with Gasteiger partial charge in [0, 0.05) is 0 Å². The van der Waals surface area contributed by atoms with Gasteiger partial charge in [0.25, 0.3) is 0 Å². The van der Waals surface area contributed by atoms with Crippen molar-refractivity contribution in [1.82, 2.24) is 0 Å². The zero-order valence-corrected chi connectivity index (χ0v) is 33.6. The summed E-state index contributed by atoms with van der Waals surface area (Å²) < 4.78 is 100. The van der Waals surface area contributed by atoms with Crippen LogP contribution >= 0.6 is 0 Å². The molecule has 15 heteroatoms. The zero-order valence-electron chi connectivity index (χ0n) is 31.2. The van der Waals surface area contributed by atoms with Crippen LogP contribution in [-0.2, 0) is 29.5 Å². The van der Waals surface area contributed by atoms with Gasteiger partial charge in [-0.1, -0.05) is 0 Å². The van der Waals surface area contributed by atoms with Crippen LogP contribution in [0.4, 0.5) is 0 Å². The molecule has 12 nitrogen and oxygen atoms in total. The first kappa shape index (κ1) is 42.1. The minimum atomic E-state index is -3.80. The molecular formula is C44H38O12S3. The van der Waals surface area contributed by atoms with Crippen LogP contribution in [-0.4, -0.2) is 61.9 Å². The van der Waals surface area contributed by atoms with Crippen LogP contribution in [0.1, 0.15) is 0 Å². The Hall–Kier alpha value is -6.55. The summed E-state index contributed by atoms with van der Waals surface area (Å²) >= 11 is 0. The molecule has 0 atom stereocenters. The third kappa shape index (κ3) is 10.9. The van der Waals surface area contributed by atoms with Gasteiger partial charge in [-0.3, -0.25) is 0 Å². The van der Waals surface area contributed by atoms with E-state index in [9.17, 15) is 35.5 Å². The summed E-state index contributed by atoms with van der Waals surface area (Å²) in [5, 5.41) is 18.8. The highest BCUT2D eigenvalue weighted by Crippen LogP contribution is 2.27. The van der Waals surface area contributed by atoms with Crippen molar-refractivity contribution in [3.8, 4) is 34.5 Å². The van der Waals surface area contributed by atoms with Gasteiger partial charge < -0.3 is 29.2 Å². The van der Waals surface area contributed by atoms with E-state index in [0.717, 1.165) is 0 Å². The molecule has 0 unspecified atom stereocenters. The predicted octanol–water partition coefficient (Wildman–Crippen LogP) is 7.62. The molecular weight excluding hydrogens is 817 g/mol. The highest BCUT2D eigenvalue weighted by Gasteiger charge is 2.20. The number of ether oxygens (including phenoxy) is 4. The zero-order chi connectivity index (χ0) is 41.9. The van der Waals surface area contributed by atoms with Crippen LogP contribution in [0.25, 0.3) is 0 Å². The first-order chi connectivity index (χ1) is 28.3. The molecule has 0 saturated carbocycles. The molecule has 2 N–H and O–H groups in total. The Balaban J connectivity index is 0.895. The molecule has 0 spiro atoms. The van der Waals surface area contributed by atoms with E-state index in [2.05, 4.69) is 0 Å². The third-order valence-electron chi connectivity index (χ3n) is 8.55. The fraction of sp³-hybridized carbons (Fsp3) is 0.0909. The summed E-state index contributed by atoms with van der Waals surface area (Å²) in [7, 11) is -11.3. The van der Waals surface area contributed by atoms with Crippen molar-refractivity contribution < 1.29 is 54.4 Å². The van der Waals surface area contributed by atoms with Gasteiger partial charge in [-0.05, 0) is 170 Å². The Kier molecular flexibility index (Phi) is 13.4. The van der Waals surface area contributed by atoms with Crippen LogP contribution in [0.2, 0.25) is 0 Å². The second-order valence-corrected chi connectivity index (χ2v) is 18.4. The van der Waals surface area contributed by atoms with Gasteiger partial charge in [0.05, 0.1) is 29.4 Å². The maximum atomic E-state index is 13.2. The number of sulfone groups is 3. The van der Waals surface area contributed by atoms with Crippen LogP contribution in [0.15, 0.2) is 199 Å². The molecule has 0 heterocycles. The van der Waals surface area contributed by atoms with Crippen molar-refractivity contribution >= 4 is 29.5 Å². The Morgan fingerprint density at radius 3 is 0.661 bits per heavy atom. The highest BCUT2D eigenvalue weighted by atomic mass is 32.2. The number of aromatic hydroxyl groups is 2. The minimum Gasteiger partial charge on any atom is -0.508 e. The molecule has 6 aromatic carbocycles. The first-order valence-electron chi connectivity index (χ1n) is 17.9. The summed E-state index contributed by atoms with van der Waals surface area (Å²) in [6.45, 7) is 0.823. The quantitative estimate of drug-likeness (QED) is 0.0809. The van der Waals surface area contributed by atoms with Gasteiger partial charge in [0.1, 0.15) is 60.9 Å². The van der Waals surface area contributed by atoms with Gasteiger partial charge in [0.15, 0.2) is 0 Å². The normalized spacial score (nSPS) is 12.1. The van der Waals surface area contributed by atoms with Crippen LogP contribution in [0.3, 0.4) is 0 Å². The number of rotatable bonds is 18. The third-order valence-corrected chi connectivity index (χ3v) is 13.9. The first-order valence-corrected chi connectivity index (χ1v) is 22.3. The van der Waals surface area contributed by atoms with E-state index in [1.54, 1.807) is 72.8 Å². The predicted molar refractivity (Wildman–Crippen MR) is 219 cm³/mol. The lowest BCUT2D eigenvalue weighted by molar-refractivity contribution is 0.350. The number of hydrogen-bond acceptors (Lipinski definition) is 12. The molecule has 0 aromatic heterocycles. The molecule has 0 aliphatic carbocycles. The van der Waals surface area contributed by atoms with Crippen molar-refractivity contribution in [2.75, 3.05) is 26.4 Å². The lowest BCUT2D eigenvalue weighted by Crippen LogP contribution is -2.03. The lowest BCUT2D eigenvalue weighted by Gasteiger charge is -2.09. The molecule has 6 aromatic rings. The smallest absolute Gasteiger partial charge is 0.206 e. The van der Waals surface area contributed by atoms with Crippen LogP contribution < -0.4 is 18.9 Å². The topological polar surface area (TPSA) is 180 Å². The summed E-state index contributed by atoms with van der Waals surface area (Å²) in [4.78, 5) is 0.535. The number of hydrogen-bond donors (Lipinski definition) is 2. The molecule has 0 aliphatic rings. The van der Waals surface area contributed by atoms with Crippen LogP contribution in [0.5, 0.6) is 34.5 Å². The molecule has 59 heavy (non-hydrogen) atoms. The standard InChI is InChI=1S/C44H38O12S3/c45-33-5-17-39(18-6-33)57(47,48)41-21-9-35(10-22-41)53-29-1-3-31-55-37-13-25-43(26-14-37)59(51,52)44-27-15-38(16-28-44)56-32-4-2-30-54-36-11-23-42(24-12-36)58(49,50)40-19-7-34(46)8-20-40/h1-28,45-46H,29-32H2/b3-1+,4-2+. The SMILES string of the molecule is O=S(=O)(c1ccc(O)cc1)c1ccc(OC/C=C/COc2ccc(S(=O)(=O)c3ccc(OC/C=C/COc4ccc(S(=O)(=O)c5ccc(O)cc5)cc4)cc3)cc2)cc1. The van der Waals surface area contributed by atoms with Crippen molar-refractivity contribution in [2.24, 2.45) is 0 Å². The van der Waals surface area contributed by atoms with Gasteiger partial charge in [-0.15, -0.1) is 0 Å². The fourth-order valence-corrected chi connectivity index (χ4v) is 9.15. The van der Waals surface area contributed by atoms with E-state index >= 15 is 0 Å². The van der Waals surface area contributed by atoms with Gasteiger partial charge in [-0.2, -0.15) is 0 Å². The summed E-state index contributed by atoms with van der Waals surface area (Å²) in [6.07, 6.45) is 6.95. The van der Waals surface area contributed by atoms with E-state index in [4.69, 9.17) is 18.9 Å². The Morgan fingerprint density at radius 1 is 0.305 bits per heavy atom. The summed E-state index contributed by atoms with van der Waals surface area (Å²) in [5.41, 5.74) is 0. The van der Waals surface area contributed by atoms with Crippen molar-refractivity contribution in [1.29, 1.82) is 0 Å². The highest BCUT2D eigenvalue weighted by molar-refractivity contribution is 7.92. The van der Waals surface area contributed by atoms with E-state index in [1.165, 1.54) is 97.1 Å². The van der Waals surface area contributed by atoms with E-state index < -0.39 is 29.5 Å². The Bertz CT molecular complexity index is 2530. The van der Waals surface area contributed by atoms with Crippen molar-refractivity contribution in [3.05, 3.63) is 170 Å². The number of benzene rings is 6. The Morgan fingerprint density at radius 2 is 0.475 bits per heavy atom. The summed E-state index contributed by atoms with van der Waals surface area (Å²) in [6, 6.07) is 34.8. The van der Waals surface area contributed by atoms with Gasteiger partial charge >= 0.3 is 0 Å². The molecule has 0 bridgehead atoms. The second kappa shape index (κ2) is 18.8. The average molecular weight is 855 g/mol. The second-order valence-electron chi connectivity index (χ2n) is 12.6. The van der Waals surface area contributed by atoms with Crippen molar-refractivity contribution in [2.45, 2.75) is 29.4 Å². The van der Waals surface area contributed by atoms with Crippen LogP contribution in [0, 0.1) is 0 Å². The monoisotopic (exact) mass is 854 g/mol. The van der Waals surface area contributed by atoms with E-state index in [1.807, 2.05) is 0 Å². The molecule has 0 fully saturated rings. The lowest BCUT2D eigenvalue weighted by atomic mass is 10.3.